The molecule has 2 fully saturated rings. The number of carbonyl (C=O) groups excluding carboxylic acids is 2. The molecule has 0 spiro atoms. The highest BCUT2D eigenvalue weighted by molar-refractivity contribution is 8.26. The molecule has 0 bridgehead atoms. The summed E-state index contributed by atoms with van der Waals surface area (Å²) in [6.07, 6.45) is 10.3. The van der Waals surface area contributed by atoms with Crippen LogP contribution in [-0.4, -0.2) is 56.8 Å². The van der Waals surface area contributed by atoms with Gasteiger partial charge in [-0.15, -0.1) is 0 Å². The molecule has 1 aromatic rings. The van der Waals surface area contributed by atoms with Gasteiger partial charge in [0.1, 0.15) is 4.32 Å². The maximum atomic E-state index is 12.7. The molecule has 0 saturated carbocycles. The Kier molecular flexibility index (Phi) is 8.66. The average molecular weight is 445 g/mol. The minimum absolute atomic E-state index is 0.0914. The van der Waals surface area contributed by atoms with Gasteiger partial charge in [0.15, 0.2) is 0 Å². The second kappa shape index (κ2) is 11.4. The molecule has 0 unspecified atom stereocenters. The molecule has 2 saturated heterocycles. The van der Waals surface area contributed by atoms with Crippen molar-refractivity contribution in [2.75, 3.05) is 19.7 Å². The predicted molar refractivity (Wildman–Crippen MR) is 126 cm³/mol. The Bertz CT molecular complexity index is 821. The quantitative estimate of drug-likeness (QED) is 0.485. The monoisotopic (exact) mass is 444 g/mol. The van der Waals surface area contributed by atoms with E-state index in [1.54, 1.807) is 11.0 Å². The van der Waals surface area contributed by atoms with Crippen LogP contribution in [0.15, 0.2) is 47.4 Å². The van der Waals surface area contributed by atoms with Crippen molar-refractivity contribution in [2.45, 2.75) is 44.6 Å². The fourth-order valence-corrected chi connectivity index (χ4v) is 5.09. The van der Waals surface area contributed by atoms with Gasteiger partial charge in [-0.1, -0.05) is 66.5 Å². The number of hydrogen-bond acceptors (Lipinski definition) is 5. The summed E-state index contributed by atoms with van der Waals surface area (Å²) in [6.45, 7) is 1.33. The lowest BCUT2D eigenvalue weighted by Gasteiger charge is -2.35. The summed E-state index contributed by atoms with van der Waals surface area (Å²) in [4.78, 5) is 29.4. The van der Waals surface area contributed by atoms with Crippen LogP contribution >= 0.6 is 24.0 Å². The zero-order valence-corrected chi connectivity index (χ0v) is 18.7. The zero-order valence-electron chi connectivity index (χ0n) is 17.0. The third-order valence-electron chi connectivity index (χ3n) is 5.39. The number of thiocarbonyl (C=S) groups is 1. The summed E-state index contributed by atoms with van der Waals surface area (Å²) >= 11 is 6.68. The number of benzene rings is 1. The van der Waals surface area contributed by atoms with Crippen molar-refractivity contribution in [2.24, 2.45) is 0 Å². The molecular formula is C23H28N2O3S2. The van der Waals surface area contributed by atoms with E-state index < -0.39 is 0 Å². The number of likely N-dealkylation sites (tertiary alicyclic amines) is 1. The Hall–Kier alpha value is -1.96. The molecule has 160 valence electrons. The lowest BCUT2D eigenvalue weighted by atomic mass is 9.99. The van der Waals surface area contributed by atoms with Gasteiger partial charge >= 0.3 is 0 Å². The number of carbonyl (C=O) groups is 2. The molecule has 2 aliphatic rings. The Balaban J connectivity index is 1.50. The number of amides is 2. The van der Waals surface area contributed by atoms with E-state index in [2.05, 4.69) is 0 Å². The Morgan fingerprint density at radius 3 is 2.83 bits per heavy atom. The normalized spacial score (nSPS) is 21.2. The van der Waals surface area contributed by atoms with Crippen molar-refractivity contribution >= 4 is 46.2 Å². The first-order valence-electron chi connectivity index (χ1n) is 10.5. The van der Waals surface area contributed by atoms with Crippen LogP contribution in [0.4, 0.5) is 0 Å². The number of thioether (sulfide) groups is 1. The molecule has 1 N–H and O–H groups in total. The topological polar surface area (TPSA) is 60.9 Å². The van der Waals surface area contributed by atoms with Crippen molar-refractivity contribution in [3.05, 3.63) is 53.0 Å². The summed E-state index contributed by atoms with van der Waals surface area (Å²) in [5, 5.41) is 9.24. The van der Waals surface area contributed by atoms with Gasteiger partial charge in [-0.25, -0.2) is 0 Å². The molecule has 0 aromatic heterocycles. The van der Waals surface area contributed by atoms with Crippen molar-refractivity contribution in [3.8, 4) is 0 Å². The number of aliphatic hydroxyl groups is 1. The third kappa shape index (κ3) is 6.03. The van der Waals surface area contributed by atoms with Crippen LogP contribution in [0.25, 0.3) is 6.08 Å². The molecular weight excluding hydrogens is 416 g/mol. The zero-order chi connectivity index (χ0) is 21.3. The first-order chi connectivity index (χ1) is 14.6. The smallest absolute Gasteiger partial charge is 0.266 e. The molecule has 30 heavy (non-hydrogen) atoms. The first kappa shape index (κ1) is 22.7. The standard InChI is InChI=1S/C23H28N2O3S2/c26-17-14-19-11-4-5-15-24(19)21(27)13-7-16-25-22(28)20(30-23(25)29)12-6-10-18-8-2-1-3-9-18/h1-3,6,8-10,12,19,26H,4-5,7,11,13-17H2/b10-6+,20-12-/t19-/m1/s1. The van der Waals surface area contributed by atoms with Crippen LogP contribution < -0.4 is 0 Å². The van der Waals surface area contributed by atoms with Crippen LogP contribution in [0.5, 0.6) is 0 Å². The number of hydrogen-bond donors (Lipinski definition) is 1. The Morgan fingerprint density at radius 2 is 2.07 bits per heavy atom. The fourth-order valence-electron chi connectivity index (χ4n) is 3.83. The van der Waals surface area contributed by atoms with Gasteiger partial charge in [-0.2, -0.15) is 0 Å². The van der Waals surface area contributed by atoms with E-state index in [1.165, 1.54) is 11.8 Å². The van der Waals surface area contributed by atoms with Gasteiger partial charge in [-0.3, -0.25) is 14.5 Å². The van der Waals surface area contributed by atoms with Crippen molar-refractivity contribution in [1.29, 1.82) is 0 Å². The molecule has 0 aliphatic carbocycles. The molecule has 1 atom stereocenters. The highest BCUT2D eigenvalue weighted by Gasteiger charge is 2.32. The number of allylic oxidation sites excluding steroid dienone is 2. The van der Waals surface area contributed by atoms with Crippen LogP contribution in [0.2, 0.25) is 0 Å². The third-order valence-corrected chi connectivity index (χ3v) is 6.79. The largest absolute Gasteiger partial charge is 0.396 e. The van der Waals surface area contributed by atoms with Gasteiger partial charge < -0.3 is 10.0 Å². The average Bonchev–Trinajstić information content (AvgIpc) is 3.02. The minimum Gasteiger partial charge on any atom is -0.396 e. The molecule has 5 nitrogen and oxygen atoms in total. The van der Waals surface area contributed by atoms with Gasteiger partial charge in [0.05, 0.1) is 4.91 Å². The van der Waals surface area contributed by atoms with E-state index in [0.29, 0.717) is 35.0 Å². The molecule has 0 radical (unpaired) electrons. The summed E-state index contributed by atoms with van der Waals surface area (Å²) in [6, 6.07) is 10.0. The van der Waals surface area contributed by atoms with E-state index in [0.717, 1.165) is 31.4 Å². The highest BCUT2D eigenvalue weighted by Crippen LogP contribution is 2.31. The molecule has 1 aromatic carbocycles. The van der Waals surface area contributed by atoms with E-state index in [4.69, 9.17) is 12.2 Å². The lowest BCUT2D eigenvalue weighted by Crippen LogP contribution is -2.44. The molecule has 2 aliphatic heterocycles. The maximum Gasteiger partial charge on any atom is 0.266 e. The van der Waals surface area contributed by atoms with E-state index in [-0.39, 0.29) is 24.5 Å². The van der Waals surface area contributed by atoms with Crippen LogP contribution in [0.1, 0.15) is 44.1 Å². The number of nitrogens with zero attached hydrogens (tertiary/aromatic N) is 2. The van der Waals surface area contributed by atoms with Gasteiger partial charge in [-0.05, 0) is 43.7 Å². The summed E-state index contributed by atoms with van der Waals surface area (Å²) < 4.78 is 0.544. The number of aliphatic hydroxyl groups excluding tert-OH is 1. The van der Waals surface area contributed by atoms with Crippen LogP contribution in [-0.2, 0) is 9.59 Å². The van der Waals surface area contributed by atoms with Crippen molar-refractivity contribution in [1.82, 2.24) is 9.80 Å². The second-order valence-electron chi connectivity index (χ2n) is 7.48. The van der Waals surface area contributed by atoms with Crippen molar-refractivity contribution in [3.63, 3.8) is 0 Å². The number of piperidine rings is 1. The molecule has 2 heterocycles. The SMILES string of the molecule is O=C1/C(=C/C=C/c2ccccc2)SC(=S)N1CCCC(=O)N1CCCC[C@@H]1CCO. The fraction of sp³-hybridized carbons (Fsp3) is 0.435. The van der Waals surface area contributed by atoms with Gasteiger partial charge in [0.2, 0.25) is 5.91 Å². The molecule has 2 amide bonds. The predicted octanol–water partition coefficient (Wildman–Crippen LogP) is 3.99. The van der Waals surface area contributed by atoms with Crippen molar-refractivity contribution < 1.29 is 14.7 Å². The van der Waals surface area contributed by atoms with Gasteiger partial charge in [0, 0.05) is 32.2 Å². The second-order valence-corrected chi connectivity index (χ2v) is 9.15. The first-order valence-corrected chi connectivity index (χ1v) is 11.7. The Labute approximate surface area is 187 Å². The summed E-state index contributed by atoms with van der Waals surface area (Å²) in [5.74, 6) is 0.0196. The molecule has 3 rings (SSSR count). The molecule has 7 heteroatoms. The Morgan fingerprint density at radius 1 is 1.27 bits per heavy atom. The lowest BCUT2D eigenvalue weighted by molar-refractivity contribution is -0.135. The van der Waals surface area contributed by atoms with Crippen LogP contribution in [0, 0.1) is 0 Å². The number of rotatable bonds is 8. The van der Waals surface area contributed by atoms with Gasteiger partial charge in [0.25, 0.3) is 5.91 Å². The minimum atomic E-state index is -0.0914. The van der Waals surface area contributed by atoms with E-state index >= 15 is 0 Å². The highest BCUT2D eigenvalue weighted by atomic mass is 32.2. The van der Waals surface area contributed by atoms with Crippen LogP contribution in [0.3, 0.4) is 0 Å². The summed E-state index contributed by atoms with van der Waals surface area (Å²) in [5.41, 5.74) is 1.07. The van der Waals surface area contributed by atoms with E-state index in [9.17, 15) is 14.7 Å². The maximum absolute atomic E-state index is 12.7. The summed E-state index contributed by atoms with van der Waals surface area (Å²) in [7, 11) is 0. The van der Waals surface area contributed by atoms with E-state index in [1.807, 2.05) is 47.4 Å².